The molecule has 1 saturated carbocycles. The van der Waals surface area contributed by atoms with Crippen LogP contribution < -0.4 is 0 Å². The average molecular weight is 230 g/mol. The number of rotatable bonds is 3. The van der Waals surface area contributed by atoms with Gasteiger partial charge in [-0.3, -0.25) is 0 Å². The first-order chi connectivity index (χ1) is 6.74. The lowest BCUT2D eigenvalue weighted by atomic mass is 9.84. The SMILES string of the molecule is Cc1ncc(CC2(CCl)CCCC2)s1. The van der Waals surface area contributed by atoms with E-state index in [1.807, 2.05) is 17.5 Å². The summed E-state index contributed by atoms with van der Waals surface area (Å²) in [5.74, 6) is 0.809. The van der Waals surface area contributed by atoms with E-state index in [0.717, 1.165) is 12.3 Å². The van der Waals surface area contributed by atoms with E-state index in [4.69, 9.17) is 11.6 Å². The molecule has 0 unspecified atom stereocenters. The minimum atomic E-state index is 0.389. The standard InChI is InChI=1S/C11H16ClNS/c1-9-13-7-10(14-9)6-11(8-12)4-2-3-5-11/h7H,2-6,8H2,1H3. The van der Waals surface area contributed by atoms with Crippen molar-refractivity contribution >= 4 is 22.9 Å². The Bertz CT molecular complexity index is 302. The van der Waals surface area contributed by atoms with Crippen LogP contribution in [0.1, 0.15) is 35.6 Å². The number of aromatic nitrogens is 1. The van der Waals surface area contributed by atoms with Crippen molar-refractivity contribution < 1.29 is 0 Å². The minimum absolute atomic E-state index is 0.389. The van der Waals surface area contributed by atoms with Crippen LogP contribution in [-0.4, -0.2) is 10.9 Å². The van der Waals surface area contributed by atoms with Crippen molar-refractivity contribution in [2.45, 2.75) is 39.0 Å². The van der Waals surface area contributed by atoms with Gasteiger partial charge in [-0.15, -0.1) is 22.9 Å². The molecule has 0 amide bonds. The van der Waals surface area contributed by atoms with Crippen LogP contribution in [-0.2, 0) is 6.42 Å². The Kier molecular flexibility index (Phi) is 3.13. The third-order valence-corrected chi connectivity index (χ3v) is 4.65. The first-order valence-electron chi connectivity index (χ1n) is 5.21. The second-order valence-electron chi connectivity index (χ2n) is 4.36. The molecule has 3 heteroatoms. The van der Waals surface area contributed by atoms with E-state index in [1.165, 1.54) is 35.6 Å². The fraction of sp³-hybridized carbons (Fsp3) is 0.727. The van der Waals surface area contributed by atoms with Crippen molar-refractivity contribution in [3.05, 3.63) is 16.1 Å². The Balaban J connectivity index is 2.08. The van der Waals surface area contributed by atoms with E-state index >= 15 is 0 Å². The molecule has 1 aromatic rings. The van der Waals surface area contributed by atoms with Crippen molar-refractivity contribution in [3.63, 3.8) is 0 Å². The summed E-state index contributed by atoms with van der Waals surface area (Å²) in [4.78, 5) is 5.71. The van der Waals surface area contributed by atoms with E-state index in [9.17, 15) is 0 Å². The number of hydrogen-bond acceptors (Lipinski definition) is 2. The van der Waals surface area contributed by atoms with Crippen molar-refractivity contribution in [1.82, 2.24) is 4.98 Å². The van der Waals surface area contributed by atoms with Crippen molar-refractivity contribution in [2.75, 3.05) is 5.88 Å². The lowest BCUT2D eigenvalue weighted by Gasteiger charge is -2.25. The molecule has 0 N–H and O–H groups in total. The van der Waals surface area contributed by atoms with Gasteiger partial charge in [0.2, 0.25) is 0 Å². The monoisotopic (exact) mass is 229 g/mol. The number of alkyl halides is 1. The lowest BCUT2D eigenvalue weighted by molar-refractivity contribution is 0.343. The average Bonchev–Trinajstić information content (AvgIpc) is 2.77. The quantitative estimate of drug-likeness (QED) is 0.719. The Morgan fingerprint density at radius 1 is 1.50 bits per heavy atom. The van der Waals surface area contributed by atoms with Crippen molar-refractivity contribution in [3.8, 4) is 0 Å². The van der Waals surface area contributed by atoms with Gasteiger partial charge in [0.15, 0.2) is 0 Å². The second kappa shape index (κ2) is 4.19. The molecule has 0 spiro atoms. The van der Waals surface area contributed by atoms with Crippen LogP contribution in [0.15, 0.2) is 6.20 Å². The molecule has 1 fully saturated rings. The van der Waals surface area contributed by atoms with Gasteiger partial charge < -0.3 is 0 Å². The van der Waals surface area contributed by atoms with Gasteiger partial charge in [0.05, 0.1) is 5.01 Å². The van der Waals surface area contributed by atoms with E-state index in [2.05, 4.69) is 11.9 Å². The van der Waals surface area contributed by atoms with Gasteiger partial charge in [-0.1, -0.05) is 12.8 Å². The number of nitrogens with zero attached hydrogens (tertiary/aromatic N) is 1. The molecule has 0 aromatic carbocycles. The fourth-order valence-electron chi connectivity index (χ4n) is 2.34. The Morgan fingerprint density at radius 3 is 2.71 bits per heavy atom. The Hall–Kier alpha value is -0.0800. The number of halogens is 1. The number of aryl methyl sites for hydroxylation is 1. The van der Waals surface area contributed by atoms with Gasteiger partial charge in [0, 0.05) is 17.0 Å². The van der Waals surface area contributed by atoms with E-state index < -0.39 is 0 Å². The van der Waals surface area contributed by atoms with E-state index in [0.29, 0.717) is 5.41 Å². The van der Waals surface area contributed by atoms with Crippen LogP contribution in [0, 0.1) is 12.3 Å². The molecular formula is C11H16ClNS. The zero-order valence-electron chi connectivity index (χ0n) is 8.55. The molecule has 14 heavy (non-hydrogen) atoms. The van der Waals surface area contributed by atoms with Crippen LogP contribution >= 0.6 is 22.9 Å². The second-order valence-corrected chi connectivity index (χ2v) is 5.95. The largest absolute Gasteiger partial charge is 0.250 e. The summed E-state index contributed by atoms with van der Waals surface area (Å²) >= 11 is 7.92. The van der Waals surface area contributed by atoms with Gasteiger partial charge in [0.25, 0.3) is 0 Å². The first kappa shape index (κ1) is 10.4. The molecule has 78 valence electrons. The molecule has 1 aromatic heterocycles. The predicted molar refractivity (Wildman–Crippen MR) is 62.2 cm³/mol. The van der Waals surface area contributed by atoms with Crippen LogP contribution in [0.3, 0.4) is 0 Å². The van der Waals surface area contributed by atoms with Gasteiger partial charge in [-0.05, 0) is 31.6 Å². The van der Waals surface area contributed by atoms with E-state index in [1.54, 1.807) is 0 Å². The Morgan fingerprint density at radius 2 is 2.21 bits per heavy atom. The molecule has 1 heterocycles. The summed E-state index contributed by atoms with van der Waals surface area (Å²) < 4.78 is 0. The first-order valence-corrected chi connectivity index (χ1v) is 6.56. The summed E-state index contributed by atoms with van der Waals surface area (Å²) in [7, 11) is 0. The highest BCUT2D eigenvalue weighted by Crippen LogP contribution is 2.42. The highest BCUT2D eigenvalue weighted by molar-refractivity contribution is 7.11. The van der Waals surface area contributed by atoms with Gasteiger partial charge in [-0.25, -0.2) is 4.98 Å². The molecule has 1 aliphatic rings. The van der Waals surface area contributed by atoms with Crippen LogP contribution in [0.4, 0.5) is 0 Å². The molecule has 1 nitrogen and oxygen atoms in total. The molecule has 2 rings (SSSR count). The Labute approximate surface area is 94.5 Å². The topological polar surface area (TPSA) is 12.9 Å². The molecular weight excluding hydrogens is 214 g/mol. The molecule has 0 saturated heterocycles. The molecule has 0 radical (unpaired) electrons. The maximum Gasteiger partial charge on any atom is 0.0896 e. The minimum Gasteiger partial charge on any atom is -0.250 e. The summed E-state index contributed by atoms with van der Waals surface area (Å²) in [5, 5.41) is 1.17. The van der Waals surface area contributed by atoms with Crippen molar-refractivity contribution in [1.29, 1.82) is 0 Å². The van der Waals surface area contributed by atoms with Crippen molar-refractivity contribution in [2.24, 2.45) is 5.41 Å². The summed E-state index contributed by atoms with van der Waals surface area (Å²) in [6, 6.07) is 0. The predicted octanol–water partition coefficient (Wildman–Crippen LogP) is 3.79. The third-order valence-electron chi connectivity index (χ3n) is 3.17. The number of hydrogen-bond donors (Lipinski definition) is 0. The molecule has 0 bridgehead atoms. The highest BCUT2D eigenvalue weighted by atomic mass is 35.5. The van der Waals surface area contributed by atoms with Gasteiger partial charge in [0.1, 0.15) is 0 Å². The zero-order valence-corrected chi connectivity index (χ0v) is 10.1. The number of thiazole rings is 1. The summed E-state index contributed by atoms with van der Waals surface area (Å²) in [6.07, 6.45) is 8.46. The highest BCUT2D eigenvalue weighted by Gasteiger charge is 2.33. The molecule has 1 aliphatic carbocycles. The smallest absolute Gasteiger partial charge is 0.0896 e. The van der Waals surface area contributed by atoms with Gasteiger partial charge in [-0.2, -0.15) is 0 Å². The maximum absolute atomic E-state index is 6.11. The molecule has 0 atom stereocenters. The molecule has 0 aliphatic heterocycles. The zero-order chi connectivity index (χ0) is 10.0. The van der Waals surface area contributed by atoms with Gasteiger partial charge >= 0.3 is 0 Å². The van der Waals surface area contributed by atoms with E-state index in [-0.39, 0.29) is 0 Å². The van der Waals surface area contributed by atoms with Crippen LogP contribution in [0.5, 0.6) is 0 Å². The maximum atomic E-state index is 6.11. The lowest BCUT2D eigenvalue weighted by Crippen LogP contribution is -2.21. The summed E-state index contributed by atoms with van der Waals surface area (Å²) in [5.41, 5.74) is 0.389. The fourth-order valence-corrected chi connectivity index (χ4v) is 3.67. The van der Waals surface area contributed by atoms with Crippen LogP contribution in [0.25, 0.3) is 0 Å². The normalized spacial score (nSPS) is 20.1. The third kappa shape index (κ3) is 2.12. The summed E-state index contributed by atoms with van der Waals surface area (Å²) in [6.45, 7) is 2.07. The van der Waals surface area contributed by atoms with Crippen LogP contribution in [0.2, 0.25) is 0 Å².